The number of pyridine rings is 1. The highest BCUT2D eigenvalue weighted by Crippen LogP contribution is 2.19. The fourth-order valence-corrected chi connectivity index (χ4v) is 3.58. The van der Waals surface area contributed by atoms with Crippen molar-refractivity contribution in [2.24, 2.45) is 0 Å². The highest BCUT2D eigenvalue weighted by atomic mass is 35.5. The lowest BCUT2D eigenvalue weighted by molar-refractivity contribution is -0.119. The number of rotatable bonds is 8. The Balaban J connectivity index is 1.62. The Bertz CT molecular complexity index is 1180. The number of carbonyl (C=O) groups excluding carboxylic acids is 2. The number of nitrogens with two attached hydrogens (primary N) is 1. The Morgan fingerprint density at radius 3 is 2.52 bits per heavy atom. The summed E-state index contributed by atoms with van der Waals surface area (Å²) in [7, 11) is 0. The molecule has 0 saturated carbocycles. The molecule has 0 spiro atoms. The van der Waals surface area contributed by atoms with Crippen LogP contribution in [0.2, 0.25) is 5.02 Å². The van der Waals surface area contributed by atoms with Crippen LogP contribution in [0.25, 0.3) is 0 Å². The van der Waals surface area contributed by atoms with Gasteiger partial charge in [0.2, 0.25) is 5.91 Å². The zero-order chi connectivity index (χ0) is 24.0. The Morgan fingerprint density at radius 1 is 1.09 bits per heavy atom. The van der Waals surface area contributed by atoms with E-state index in [2.05, 4.69) is 15.6 Å². The van der Waals surface area contributed by atoms with Crippen molar-refractivity contribution >= 4 is 34.8 Å². The molecule has 0 saturated heterocycles. The number of aromatic nitrogens is 1. The lowest BCUT2D eigenvalue weighted by atomic mass is 10.0. The second-order valence-corrected chi connectivity index (χ2v) is 8.25. The van der Waals surface area contributed by atoms with Crippen molar-refractivity contribution in [2.45, 2.75) is 26.3 Å². The molecule has 0 fully saturated rings. The number of hydrogen-bond acceptors (Lipinski definition) is 5. The lowest BCUT2D eigenvalue weighted by Crippen LogP contribution is -2.30. The summed E-state index contributed by atoms with van der Waals surface area (Å²) in [6.07, 6.45) is 3.82. The van der Waals surface area contributed by atoms with E-state index in [1.807, 2.05) is 31.2 Å². The van der Waals surface area contributed by atoms with Gasteiger partial charge in [0.05, 0.1) is 23.9 Å². The van der Waals surface area contributed by atoms with Crippen molar-refractivity contribution in [2.75, 3.05) is 12.3 Å². The van der Waals surface area contributed by atoms with E-state index in [0.717, 1.165) is 16.7 Å². The van der Waals surface area contributed by atoms with Crippen LogP contribution in [0.1, 0.15) is 52.5 Å². The first kappa shape index (κ1) is 23.9. The molecule has 33 heavy (non-hydrogen) atoms. The van der Waals surface area contributed by atoms with Crippen LogP contribution in [0, 0.1) is 5.41 Å². The summed E-state index contributed by atoms with van der Waals surface area (Å²) < 4.78 is 0. The van der Waals surface area contributed by atoms with Crippen LogP contribution in [-0.4, -0.2) is 29.1 Å². The molecule has 8 heteroatoms. The Hall–Kier alpha value is -3.71. The van der Waals surface area contributed by atoms with Gasteiger partial charge in [0, 0.05) is 35.6 Å². The van der Waals surface area contributed by atoms with Crippen LogP contribution in [0.3, 0.4) is 0 Å². The molecule has 2 amide bonds. The fourth-order valence-electron chi connectivity index (χ4n) is 3.41. The smallest absolute Gasteiger partial charge is 0.253 e. The minimum atomic E-state index is -0.325. The first-order valence-electron chi connectivity index (χ1n) is 10.4. The van der Waals surface area contributed by atoms with E-state index in [1.54, 1.807) is 30.5 Å². The molecular formula is C25H26ClN5O2. The predicted octanol–water partition coefficient (Wildman–Crippen LogP) is 3.90. The number of amides is 2. The minimum absolute atomic E-state index is 0.0154. The van der Waals surface area contributed by atoms with Crippen molar-refractivity contribution in [3.63, 3.8) is 0 Å². The SMILES string of the molecule is CC(=O)NC(C)c1ccc(Cc2cncc(C(=O)NCC(=N)c3cc(Cl)ccc3N)c2)cc1. The maximum Gasteiger partial charge on any atom is 0.253 e. The number of anilines is 1. The quantitative estimate of drug-likeness (QED) is 0.299. The summed E-state index contributed by atoms with van der Waals surface area (Å²) >= 11 is 5.98. The number of carbonyl (C=O) groups is 2. The highest BCUT2D eigenvalue weighted by Gasteiger charge is 2.12. The zero-order valence-electron chi connectivity index (χ0n) is 18.5. The predicted molar refractivity (Wildman–Crippen MR) is 131 cm³/mol. The summed E-state index contributed by atoms with van der Waals surface area (Å²) in [5.74, 6) is -0.395. The summed E-state index contributed by atoms with van der Waals surface area (Å²) in [5.41, 5.74) is 10.4. The average Bonchev–Trinajstić information content (AvgIpc) is 2.79. The van der Waals surface area contributed by atoms with Gasteiger partial charge in [-0.05, 0) is 54.3 Å². The molecule has 0 bridgehead atoms. The van der Waals surface area contributed by atoms with Crippen molar-refractivity contribution in [3.05, 3.63) is 93.8 Å². The maximum atomic E-state index is 12.6. The molecule has 1 aromatic heterocycles. The van der Waals surface area contributed by atoms with E-state index >= 15 is 0 Å². The van der Waals surface area contributed by atoms with Gasteiger partial charge in [-0.15, -0.1) is 0 Å². The number of hydrogen-bond donors (Lipinski definition) is 4. The van der Waals surface area contributed by atoms with Gasteiger partial charge in [-0.2, -0.15) is 0 Å². The molecule has 5 N–H and O–H groups in total. The van der Waals surface area contributed by atoms with Crippen molar-refractivity contribution in [1.29, 1.82) is 5.41 Å². The number of benzene rings is 2. The molecule has 1 atom stereocenters. The van der Waals surface area contributed by atoms with E-state index in [-0.39, 0.29) is 30.1 Å². The van der Waals surface area contributed by atoms with Crippen molar-refractivity contribution in [3.8, 4) is 0 Å². The third-order valence-corrected chi connectivity index (χ3v) is 5.37. The summed E-state index contributed by atoms with van der Waals surface area (Å²) in [5, 5.41) is 14.3. The van der Waals surface area contributed by atoms with Gasteiger partial charge in [0.15, 0.2) is 0 Å². The normalized spacial score (nSPS) is 11.5. The third kappa shape index (κ3) is 6.63. The van der Waals surface area contributed by atoms with Gasteiger partial charge in [-0.3, -0.25) is 14.6 Å². The van der Waals surface area contributed by atoms with E-state index in [9.17, 15) is 9.59 Å². The molecular weight excluding hydrogens is 438 g/mol. The summed E-state index contributed by atoms with van der Waals surface area (Å²) in [6, 6.07) is 14.6. The molecule has 7 nitrogen and oxygen atoms in total. The molecule has 170 valence electrons. The minimum Gasteiger partial charge on any atom is -0.398 e. The molecule has 0 aliphatic heterocycles. The van der Waals surface area contributed by atoms with Gasteiger partial charge in [0.25, 0.3) is 5.91 Å². The monoisotopic (exact) mass is 463 g/mol. The van der Waals surface area contributed by atoms with Gasteiger partial charge in [-0.1, -0.05) is 35.9 Å². The Kier molecular flexibility index (Phi) is 7.79. The summed E-state index contributed by atoms with van der Waals surface area (Å²) in [4.78, 5) is 28.0. The van der Waals surface area contributed by atoms with E-state index in [4.69, 9.17) is 22.7 Å². The lowest BCUT2D eigenvalue weighted by Gasteiger charge is -2.13. The molecule has 1 heterocycles. The average molecular weight is 464 g/mol. The van der Waals surface area contributed by atoms with Gasteiger partial charge < -0.3 is 21.8 Å². The molecule has 0 aliphatic rings. The molecule has 3 aromatic rings. The first-order chi connectivity index (χ1) is 15.7. The van der Waals surface area contributed by atoms with Crippen LogP contribution < -0.4 is 16.4 Å². The van der Waals surface area contributed by atoms with Crippen LogP contribution in [-0.2, 0) is 11.2 Å². The third-order valence-electron chi connectivity index (χ3n) is 5.13. The second-order valence-electron chi connectivity index (χ2n) is 7.82. The zero-order valence-corrected chi connectivity index (χ0v) is 19.2. The second kappa shape index (κ2) is 10.7. The van der Waals surface area contributed by atoms with E-state index in [1.165, 1.54) is 13.1 Å². The number of nitrogens with zero attached hydrogens (tertiary/aromatic N) is 1. The van der Waals surface area contributed by atoms with Gasteiger partial charge in [-0.25, -0.2) is 0 Å². The number of nitrogens with one attached hydrogen (secondary N) is 3. The Labute approximate surface area is 197 Å². The van der Waals surface area contributed by atoms with Crippen molar-refractivity contribution in [1.82, 2.24) is 15.6 Å². The van der Waals surface area contributed by atoms with Crippen LogP contribution in [0.15, 0.2) is 60.9 Å². The largest absolute Gasteiger partial charge is 0.398 e. The number of nitrogen functional groups attached to an aromatic ring is 1. The molecule has 3 rings (SSSR count). The molecule has 2 aromatic carbocycles. The standard InChI is InChI=1S/C25H26ClN5O2/c1-15(31-16(2)32)19-5-3-17(4-6-19)9-18-10-20(13-29-12-18)25(33)30-14-24(28)22-11-21(26)7-8-23(22)27/h3-8,10-13,15,28H,9,14,27H2,1-2H3,(H,30,33)(H,31,32). The van der Waals surface area contributed by atoms with Gasteiger partial charge >= 0.3 is 0 Å². The molecule has 1 unspecified atom stereocenters. The topological polar surface area (TPSA) is 121 Å². The van der Waals surface area contributed by atoms with Crippen LogP contribution >= 0.6 is 11.6 Å². The maximum absolute atomic E-state index is 12.6. The molecule has 0 aliphatic carbocycles. The number of halogens is 1. The van der Waals surface area contributed by atoms with Crippen LogP contribution in [0.4, 0.5) is 5.69 Å². The highest BCUT2D eigenvalue weighted by molar-refractivity contribution is 6.31. The van der Waals surface area contributed by atoms with Crippen LogP contribution in [0.5, 0.6) is 0 Å². The first-order valence-corrected chi connectivity index (χ1v) is 10.8. The van der Waals surface area contributed by atoms with Crippen molar-refractivity contribution < 1.29 is 9.59 Å². The van der Waals surface area contributed by atoms with E-state index in [0.29, 0.717) is 28.3 Å². The Morgan fingerprint density at radius 2 is 1.82 bits per heavy atom. The summed E-state index contributed by atoms with van der Waals surface area (Å²) in [6.45, 7) is 3.45. The van der Waals surface area contributed by atoms with E-state index < -0.39 is 0 Å². The van der Waals surface area contributed by atoms with Gasteiger partial charge in [0.1, 0.15) is 0 Å². The fraction of sp³-hybridized carbons (Fsp3) is 0.200. The molecule has 0 radical (unpaired) electrons.